The summed E-state index contributed by atoms with van der Waals surface area (Å²) < 4.78 is 21.8. The van der Waals surface area contributed by atoms with Gasteiger partial charge in [-0.25, -0.2) is 0 Å². The number of anilines is 2. The van der Waals surface area contributed by atoms with Crippen molar-refractivity contribution in [2.24, 2.45) is 0 Å². The van der Waals surface area contributed by atoms with Gasteiger partial charge >= 0.3 is 0 Å². The number of hydrogen-bond donors (Lipinski definition) is 2. The van der Waals surface area contributed by atoms with Crippen LogP contribution in [0.25, 0.3) is 0 Å². The van der Waals surface area contributed by atoms with Crippen LogP contribution < -0.4 is 20.1 Å². The zero-order valence-corrected chi connectivity index (χ0v) is 25.7. The maximum absolute atomic E-state index is 6.06. The fourth-order valence-corrected chi connectivity index (χ4v) is 3.54. The highest BCUT2D eigenvalue weighted by molar-refractivity contribution is 7.80. The normalized spacial score (nSPS) is 10.8. The van der Waals surface area contributed by atoms with Crippen LogP contribution >= 0.6 is 47.6 Å². The first kappa shape index (κ1) is 33.5. The number of ether oxygens (including phenoxy) is 4. The molecule has 10 heteroatoms. The van der Waals surface area contributed by atoms with E-state index in [1.54, 1.807) is 24.3 Å². The Bertz CT molecular complexity index is 1010. The quantitative estimate of drug-likeness (QED) is 0.208. The fourth-order valence-electron chi connectivity index (χ4n) is 2.57. The number of allylic oxidation sites excluding steroid dienone is 2. The third-order valence-corrected chi connectivity index (χ3v) is 5.20. The van der Waals surface area contributed by atoms with E-state index in [0.29, 0.717) is 45.1 Å². The number of rotatable bonds is 10. The molecule has 6 nitrogen and oxygen atoms in total. The third-order valence-electron chi connectivity index (χ3n) is 4.18. The summed E-state index contributed by atoms with van der Waals surface area (Å²) in [5.41, 5.74) is 1.57. The number of hydrogen-bond acceptors (Lipinski definition) is 6. The summed E-state index contributed by atoms with van der Waals surface area (Å²) in [6, 6.07) is 10.7. The molecule has 0 aliphatic carbocycles. The third kappa shape index (κ3) is 14.4. The van der Waals surface area contributed by atoms with E-state index in [9.17, 15) is 0 Å². The van der Waals surface area contributed by atoms with Crippen LogP contribution in [-0.4, -0.2) is 35.8 Å². The maximum Gasteiger partial charge on any atom is 0.261 e. The summed E-state index contributed by atoms with van der Waals surface area (Å²) in [4.78, 5) is 0. The topological polar surface area (TPSA) is 61.0 Å². The minimum atomic E-state index is 0.0395. The SMILES string of the molecule is CC=CCOc1cc(NC(=S)OC(C)C)ccc1Cl.CC=CCOc1cc(NC(=S)OC(C)C)ccc1Cl. The molecule has 2 aromatic carbocycles. The molecule has 2 aromatic rings. The zero-order chi connectivity index (χ0) is 28.5. The number of halogens is 2. The molecule has 0 amide bonds. The Morgan fingerprint density at radius 3 is 1.42 bits per heavy atom. The summed E-state index contributed by atoms with van der Waals surface area (Å²) in [5, 5.41) is 7.75. The van der Waals surface area contributed by atoms with Gasteiger partial charge in [0.25, 0.3) is 10.3 Å². The zero-order valence-electron chi connectivity index (χ0n) is 22.5. The summed E-state index contributed by atoms with van der Waals surface area (Å²) in [5.74, 6) is 1.22. The van der Waals surface area contributed by atoms with E-state index < -0.39 is 0 Å². The van der Waals surface area contributed by atoms with Crippen LogP contribution in [0, 0.1) is 0 Å². The molecule has 0 aliphatic rings. The first-order valence-corrected chi connectivity index (χ1v) is 13.6. The van der Waals surface area contributed by atoms with Gasteiger partial charge in [0.1, 0.15) is 24.7 Å². The molecular weight excluding hydrogens is 563 g/mol. The van der Waals surface area contributed by atoms with Crippen LogP contribution in [0.5, 0.6) is 11.5 Å². The highest BCUT2D eigenvalue weighted by Gasteiger charge is 2.07. The molecule has 0 fully saturated rings. The number of nitrogens with one attached hydrogen (secondary N) is 2. The molecule has 0 aliphatic heterocycles. The van der Waals surface area contributed by atoms with Crippen molar-refractivity contribution in [2.75, 3.05) is 23.8 Å². The molecule has 0 saturated heterocycles. The molecule has 2 N–H and O–H groups in total. The van der Waals surface area contributed by atoms with Gasteiger partial charge in [-0.05, 0) is 90.2 Å². The molecule has 0 aromatic heterocycles. The van der Waals surface area contributed by atoms with Crippen molar-refractivity contribution >= 4 is 69.4 Å². The average Bonchev–Trinajstić information content (AvgIpc) is 2.82. The molecule has 38 heavy (non-hydrogen) atoms. The number of benzene rings is 2. The van der Waals surface area contributed by atoms with E-state index in [1.165, 1.54) is 0 Å². The van der Waals surface area contributed by atoms with Gasteiger partial charge in [0.2, 0.25) is 0 Å². The van der Waals surface area contributed by atoms with Crippen molar-refractivity contribution in [3.8, 4) is 11.5 Å². The summed E-state index contributed by atoms with van der Waals surface area (Å²) >= 11 is 22.3. The van der Waals surface area contributed by atoms with Gasteiger partial charge in [-0.1, -0.05) is 47.5 Å². The van der Waals surface area contributed by atoms with Crippen LogP contribution in [0.1, 0.15) is 41.5 Å². The summed E-state index contributed by atoms with van der Waals surface area (Å²) in [7, 11) is 0. The van der Waals surface area contributed by atoms with E-state index in [1.807, 2.05) is 78.0 Å². The first-order chi connectivity index (χ1) is 18.0. The molecule has 2 rings (SSSR count). The lowest BCUT2D eigenvalue weighted by Crippen LogP contribution is -2.17. The Morgan fingerprint density at radius 1 is 0.737 bits per heavy atom. The standard InChI is InChI=1S/2C14H18ClNO2S/c2*1-4-5-8-17-13-9-11(6-7-12(13)15)16-14(19)18-10(2)3/h2*4-7,9-10H,8H2,1-3H3,(H,16,19). The van der Waals surface area contributed by atoms with Crippen molar-refractivity contribution in [3.05, 3.63) is 70.7 Å². The molecular formula is C28H36Cl2N2O4S2. The lowest BCUT2D eigenvalue weighted by molar-refractivity contribution is 0.234. The van der Waals surface area contributed by atoms with Crippen molar-refractivity contribution in [1.82, 2.24) is 0 Å². The predicted octanol–water partition coefficient (Wildman–Crippen LogP) is 8.83. The molecule has 0 atom stereocenters. The van der Waals surface area contributed by atoms with Crippen LogP contribution in [0.4, 0.5) is 11.4 Å². The van der Waals surface area contributed by atoms with Crippen LogP contribution in [0.15, 0.2) is 60.7 Å². The van der Waals surface area contributed by atoms with Gasteiger partial charge in [0, 0.05) is 23.5 Å². The minimum Gasteiger partial charge on any atom is -0.488 e. The second kappa shape index (κ2) is 18.7. The molecule has 0 heterocycles. The van der Waals surface area contributed by atoms with E-state index in [2.05, 4.69) is 10.6 Å². The monoisotopic (exact) mass is 598 g/mol. The van der Waals surface area contributed by atoms with Gasteiger partial charge in [0.15, 0.2) is 0 Å². The van der Waals surface area contributed by atoms with Gasteiger partial charge < -0.3 is 29.6 Å². The van der Waals surface area contributed by atoms with Gasteiger partial charge in [0.05, 0.1) is 22.3 Å². The number of thiocarbonyl (C=S) groups is 2. The second-order valence-electron chi connectivity index (χ2n) is 8.21. The van der Waals surface area contributed by atoms with Gasteiger partial charge in [-0.2, -0.15) is 0 Å². The Labute approximate surface area is 247 Å². The molecule has 0 unspecified atom stereocenters. The second-order valence-corrected chi connectivity index (χ2v) is 9.76. The van der Waals surface area contributed by atoms with E-state index >= 15 is 0 Å². The maximum atomic E-state index is 6.06. The molecule has 0 saturated carbocycles. The van der Waals surface area contributed by atoms with Crippen molar-refractivity contribution in [1.29, 1.82) is 0 Å². The summed E-state index contributed by atoms with van der Waals surface area (Å²) in [6.07, 6.45) is 7.73. The van der Waals surface area contributed by atoms with Crippen molar-refractivity contribution in [2.45, 2.75) is 53.8 Å². The minimum absolute atomic E-state index is 0.0395. The lowest BCUT2D eigenvalue weighted by atomic mass is 10.3. The van der Waals surface area contributed by atoms with Crippen LogP contribution in [0.3, 0.4) is 0 Å². The van der Waals surface area contributed by atoms with Crippen LogP contribution in [-0.2, 0) is 9.47 Å². The molecule has 208 valence electrons. The first-order valence-electron chi connectivity index (χ1n) is 12.1. The van der Waals surface area contributed by atoms with Crippen molar-refractivity contribution in [3.63, 3.8) is 0 Å². The fraction of sp³-hybridized carbons (Fsp3) is 0.357. The van der Waals surface area contributed by atoms with E-state index in [4.69, 9.17) is 66.6 Å². The smallest absolute Gasteiger partial charge is 0.261 e. The largest absolute Gasteiger partial charge is 0.488 e. The molecule has 0 radical (unpaired) electrons. The van der Waals surface area contributed by atoms with Gasteiger partial charge in [-0.3, -0.25) is 0 Å². The predicted molar refractivity (Wildman–Crippen MR) is 168 cm³/mol. The Balaban J connectivity index is 0.000000380. The van der Waals surface area contributed by atoms with E-state index in [0.717, 1.165) is 11.4 Å². The summed E-state index contributed by atoms with van der Waals surface area (Å²) in [6.45, 7) is 12.5. The average molecular weight is 600 g/mol. The van der Waals surface area contributed by atoms with E-state index in [-0.39, 0.29) is 12.2 Å². The van der Waals surface area contributed by atoms with Crippen LogP contribution in [0.2, 0.25) is 10.0 Å². The Morgan fingerprint density at radius 2 is 1.11 bits per heavy atom. The molecule has 0 spiro atoms. The highest BCUT2D eigenvalue weighted by atomic mass is 35.5. The van der Waals surface area contributed by atoms with Crippen molar-refractivity contribution < 1.29 is 18.9 Å². The Hall–Kier alpha value is -2.52. The Kier molecular flexibility index (Phi) is 16.5. The van der Waals surface area contributed by atoms with Gasteiger partial charge in [-0.15, -0.1) is 0 Å². The lowest BCUT2D eigenvalue weighted by Gasteiger charge is -2.13. The highest BCUT2D eigenvalue weighted by Crippen LogP contribution is 2.29. The molecule has 0 bridgehead atoms.